The third-order valence-electron chi connectivity index (χ3n) is 4.63. The molecule has 3 rings (SSSR count). The van der Waals surface area contributed by atoms with E-state index in [0.29, 0.717) is 16.8 Å². The van der Waals surface area contributed by atoms with Crippen LogP contribution >= 0.6 is 0 Å². The number of Topliss-reactive ketones (excluding diaryl/α,β-unsaturated/α-hetero) is 1. The minimum atomic E-state index is -0.655. The number of carbonyl (C=O) groups excluding carboxylic acids is 4. The van der Waals surface area contributed by atoms with Gasteiger partial charge in [0.25, 0.3) is 11.8 Å². The van der Waals surface area contributed by atoms with Gasteiger partial charge >= 0.3 is 5.97 Å². The van der Waals surface area contributed by atoms with Crippen molar-refractivity contribution in [1.29, 1.82) is 0 Å². The molecule has 142 valence electrons. The van der Waals surface area contributed by atoms with Crippen LogP contribution in [-0.4, -0.2) is 30.2 Å². The van der Waals surface area contributed by atoms with Gasteiger partial charge in [0.2, 0.25) is 0 Å². The van der Waals surface area contributed by atoms with Gasteiger partial charge in [-0.15, -0.1) is 0 Å². The zero-order valence-corrected chi connectivity index (χ0v) is 15.8. The average Bonchev–Trinajstić information content (AvgIpc) is 2.93. The van der Waals surface area contributed by atoms with E-state index < -0.39 is 11.9 Å². The van der Waals surface area contributed by atoms with Gasteiger partial charge in [0.05, 0.1) is 11.3 Å². The standard InChI is InChI=1S/C22H19NO5/c1-13-4-5-17(10-14(13)2)19(24)12-28-22(27)16-6-8-18(9-7-16)23-20(25)11-15(3)21(23)26/h4-11H,12H2,1-3H3. The van der Waals surface area contributed by atoms with E-state index in [1.165, 1.54) is 30.3 Å². The van der Waals surface area contributed by atoms with Crippen molar-refractivity contribution in [3.8, 4) is 0 Å². The van der Waals surface area contributed by atoms with Crippen LogP contribution in [0.3, 0.4) is 0 Å². The van der Waals surface area contributed by atoms with E-state index in [2.05, 4.69) is 0 Å². The van der Waals surface area contributed by atoms with Crippen LogP contribution in [-0.2, 0) is 14.3 Å². The fraction of sp³-hybridized carbons (Fsp3) is 0.182. The van der Waals surface area contributed by atoms with Gasteiger partial charge in [-0.2, -0.15) is 0 Å². The normalized spacial score (nSPS) is 13.5. The summed E-state index contributed by atoms with van der Waals surface area (Å²) in [6, 6.07) is 11.2. The largest absolute Gasteiger partial charge is 0.454 e. The van der Waals surface area contributed by atoms with Gasteiger partial charge in [-0.25, -0.2) is 9.69 Å². The lowest BCUT2D eigenvalue weighted by atomic mass is 10.0. The molecule has 0 aliphatic carbocycles. The first-order chi connectivity index (χ1) is 13.3. The van der Waals surface area contributed by atoms with Crippen molar-refractivity contribution in [2.75, 3.05) is 11.5 Å². The molecule has 0 atom stereocenters. The molecule has 2 amide bonds. The number of aryl methyl sites for hydroxylation is 2. The third-order valence-corrected chi connectivity index (χ3v) is 4.63. The van der Waals surface area contributed by atoms with Crippen molar-refractivity contribution in [2.45, 2.75) is 20.8 Å². The minimum Gasteiger partial charge on any atom is -0.454 e. The van der Waals surface area contributed by atoms with Crippen LogP contribution in [0.2, 0.25) is 0 Å². The smallest absolute Gasteiger partial charge is 0.338 e. The Balaban J connectivity index is 1.63. The van der Waals surface area contributed by atoms with Crippen LogP contribution < -0.4 is 4.90 Å². The molecule has 0 unspecified atom stereocenters. The minimum absolute atomic E-state index is 0.223. The number of esters is 1. The van der Waals surface area contributed by atoms with E-state index in [9.17, 15) is 19.2 Å². The molecule has 28 heavy (non-hydrogen) atoms. The average molecular weight is 377 g/mol. The summed E-state index contributed by atoms with van der Waals surface area (Å²) < 4.78 is 5.09. The molecular formula is C22H19NO5. The predicted molar refractivity (Wildman–Crippen MR) is 103 cm³/mol. The lowest BCUT2D eigenvalue weighted by Gasteiger charge is -2.14. The fourth-order valence-electron chi connectivity index (χ4n) is 2.79. The Hall–Kier alpha value is -3.54. The summed E-state index contributed by atoms with van der Waals surface area (Å²) in [6.45, 7) is 5.06. The molecule has 0 N–H and O–H groups in total. The lowest BCUT2D eigenvalue weighted by Crippen LogP contribution is -2.30. The summed E-state index contributed by atoms with van der Waals surface area (Å²) in [4.78, 5) is 49.3. The maximum atomic E-state index is 12.2. The maximum absolute atomic E-state index is 12.2. The Morgan fingerprint density at radius 2 is 1.54 bits per heavy atom. The van der Waals surface area contributed by atoms with E-state index in [4.69, 9.17) is 4.74 Å². The molecule has 6 heteroatoms. The van der Waals surface area contributed by atoms with Gasteiger partial charge in [0.1, 0.15) is 0 Å². The Morgan fingerprint density at radius 3 is 2.11 bits per heavy atom. The summed E-state index contributed by atoms with van der Waals surface area (Å²) in [5.74, 6) is -1.75. The second-order valence-corrected chi connectivity index (χ2v) is 6.65. The zero-order chi connectivity index (χ0) is 20.4. The van der Waals surface area contributed by atoms with Crippen LogP contribution in [0.4, 0.5) is 5.69 Å². The van der Waals surface area contributed by atoms with Crippen LogP contribution in [0.1, 0.15) is 38.8 Å². The number of hydrogen-bond donors (Lipinski definition) is 0. The van der Waals surface area contributed by atoms with Crippen molar-refractivity contribution in [3.05, 3.63) is 76.4 Å². The maximum Gasteiger partial charge on any atom is 0.338 e. The van der Waals surface area contributed by atoms with Crippen molar-refractivity contribution >= 4 is 29.3 Å². The number of rotatable bonds is 5. The Kier molecular flexibility index (Phi) is 5.22. The van der Waals surface area contributed by atoms with E-state index in [0.717, 1.165) is 16.0 Å². The highest BCUT2D eigenvalue weighted by atomic mass is 16.5. The molecule has 2 aromatic rings. The van der Waals surface area contributed by atoms with E-state index >= 15 is 0 Å². The third kappa shape index (κ3) is 3.76. The molecule has 1 aliphatic heterocycles. The van der Waals surface area contributed by atoms with Crippen molar-refractivity contribution in [2.24, 2.45) is 0 Å². The van der Waals surface area contributed by atoms with E-state index in [-0.39, 0.29) is 23.9 Å². The number of benzene rings is 2. The highest BCUT2D eigenvalue weighted by Crippen LogP contribution is 2.23. The molecule has 0 saturated heterocycles. The first-order valence-electron chi connectivity index (χ1n) is 8.72. The Labute approximate surface area is 162 Å². The molecule has 0 spiro atoms. The summed E-state index contributed by atoms with van der Waals surface area (Å²) >= 11 is 0. The van der Waals surface area contributed by atoms with Gasteiger partial charge in [0, 0.05) is 17.2 Å². The van der Waals surface area contributed by atoms with E-state index in [1.54, 1.807) is 19.1 Å². The second kappa shape index (κ2) is 7.60. The summed E-state index contributed by atoms with van der Waals surface area (Å²) in [6.07, 6.45) is 1.27. The van der Waals surface area contributed by atoms with Crippen molar-refractivity contribution in [3.63, 3.8) is 0 Å². The number of anilines is 1. The first kappa shape index (κ1) is 19.2. The highest BCUT2D eigenvalue weighted by Gasteiger charge is 2.29. The van der Waals surface area contributed by atoms with Crippen LogP contribution in [0, 0.1) is 13.8 Å². The van der Waals surface area contributed by atoms with Gasteiger partial charge in [-0.1, -0.05) is 12.1 Å². The lowest BCUT2D eigenvalue weighted by molar-refractivity contribution is -0.120. The first-order valence-corrected chi connectivity index (χ1v) is 8.72. The van der Waals surface area contributed by atoms with Gasteiger partial charge in [-0.3, -0.25) is 14.4 Å². The number of carbonyl (C=O) groups is 4. The number of nitrogens with zero attached hydrogens (tertiary/aromatic N) is 1. The molecule has 1 heterocycles. The SMILES string of the molecule is CC1=CC(=O)N(c2ccc(C(=O)OCC(=O)c3ccc(C)c(C)c3)cc2)C1=O. The van der Waals surface area contributed by atoms with Gasteiger partial charge in [-0.05, 0) is 62.2 Å². The topological polar surface area (TPSA) is 80.8 Å². The molecular weight excluding hydrogens is 358 g/mol. The number of imide groups is 1. The van der Waals surface area contributed by atoms with Gasteiger partial charge in [0.15, 0.2) is 12.4 Å². The summed E-state index contributed by atoms with van der Waals surface area (Å²) in [5.41, 5.74) is 3.50. The molecule has 0 aromatic heterocycles. The van der Waals surface area contributed by atoms with Crippen LogP contribution in [0.15, 0.2) is 54.1 Å². The molecule has 0 saturated carbocycles. The van der Waals surface area contributed by atoms with Gasteiger partial charge < -0.3 is 4.74 Å². The summed E-state index contributed by atoms with van der Waals surface area (Å²) in [7, 11) is 0. The number of amides is 2. The zero-order valence-electron chi connectivity index (χ0n) is 15.8. The fourth-order valence-corrected chi connectivity index (χ4v) is 2.79. The Bertz CT molecular complexity index is 1020. The quantitative estimate of drug-likeness (QED) is 0.454. The molecule has 0 radical (unpaired) electrons. The molecule has 1 aliphatic rings. The number of ether oxygens (including phenoxy) is 1. The number of ketones is 1. The second-order valence-electron chi connectivity index (χ2n) is 6.65. The molecule has 0 fully saturated rings. The molecule has 6 nitrogen and oxygen atoms in total. The van der Waals surface area contributed by atoms with Crippen molar-refractivity contribution in [1.82, 2.24) is 0 Å². The predicted octanol–water partition coefficient (Wildman–Crippen LogP) is 3.16. The van der Waals surface area contributed by atoms with Crippen LogP contribution in [0.5, 0.6) is 0 Å². The number of hydrogen-bond acceptors (Lipinski definition) is 5. The monoisotopic (exact) mass is 377 g/mol. The highest BCUT2D eigenvalue weighted by molar-refractivity contribution is 6.30. The summed E-state index contributed by atoms with van der Waals surface area (Å²) in [5, 5.41) is 0. The van der Waals surface area contributed by atoms with Crippen LogP contribution in [0.25, 0.3) is 0 Å². The van der Waals surface area contributed by atoms with E-state index in [1.807, 2.05) is 19.9 Å². The molecule has 0 bridgehead atoms. The Morgan fingerprint density at radius 1 is 0.893 bits per heavy atom. The molecule has 2 aromatic carbocycles. The van der Waals surface area contributed by atoms with Crippen molar-refractivity contribution < 1.29 is 23.9 Å².